The molecule has 0 saturated heterocycles. The van der Waals surface area contributed by atoms with E-state index >= 15 is 0 Å². The van der Waals surface area contributed by atoms with E-state index in [1.165, 1.54) is 0 Å². The SMILES string of the molecule is Clc1ccnc(Cc2cccnc2)c1. The molecule has 0 fully saturated rings. The van der Waals surface area contributed by atoms with E-state index in [9.17, 15) is 0 Å². The summed E-state index contributed by atoms with van der Waals surface area (Å²) in [5.41, 5.74) is 2.10. The largest absolute Gasteiger partial charge is 0.264 e. The minimum absolute atomic E-state index is 0.721. The Hall–Kier alpha value is -1.41. The molecule has 0 aliphatic carbocycles. The molecule has 0 radical (unpaired) electrons. The standard InChI is InChI=1S/C11H9ClN2/c12-10-3-5-14-11(7-10)6-9-2-1-4-13-8-9/h1-5,7-8H,6H2. The van der Waals surface area contributed by atoms with Crippen LogP contribution in [0.5, 0.6) is 0 Å². The monoisotopic (exact) mass is 204 g/mol. The van der Waals surface area contributed by atoms with Crippen molar-refractivity contribution in [2.45, 2.75) is 6.42 Å². The first-order valence-corrected chi connectivity index (χ1v) is 4.72. The van der Waals surface area contributed by atoms with Crippen molar-refractivity contribution in [3.8, 4) is 0 Å². The minimum atomic E-state index is 0.721. The fourth-order valence-electron chi connectivity index (χ4n) is 1.26. The molecule has 0 unspecified atom stereocenters. The number of rotatable bonds is 2. The van der Waals surface area contributed by atoms with Gasteiger partial charge in [0.15, 0.2) is 0 Å². The first-order chi connectivity index (χ1) is 6.84. The van der Waals surface area contributed by atoms with Gasteiger partial charge in [0.25, 0.3) is 0 Å². The van der Waals surface area contributed by atoms with E-state index in [1.807, 2.05) is 24.4 Å². The van der Waals surface area contributed by atoms with Crippen molar-refractivity contribution in [3.05, 3.63) is 59.1 Å². The molecule has 70 valence electrons. The summed E-state index contributed by atoms with van der Waals surface area (Å²) in [6.45, 7) is 0. The third-order valence-electron chi connectivity index (χ3n) is 1.89. The van der Waals surface area contributed by atoms with Gasteiger partial charge in [0.2, 0.25) is 0 Å². The maximum Gasteiger partial charge on any atom is 0.0462 e. The quantitative estimate of drug-likeness (QED) is 0.752. The number of halogens is 1. The van der Waals surface area contributed by atoms with Crippen LogP contribution in [0.15, 0.2) is 42.9 Å². The van der Waals surface area contributed by atoms with E-state index in [4.69, 9.17) is 11.6 Å². The van der Waals surface area contributed by atoms with Crippen molar-refractivity contribution in [2.75, 3.05) is 0 Å². The first-order valence-electron chi connectivity index (χ1n) is 4.34. The predicted molar refractivity (Wildman–Crippen MR) is 56.3 cm³/mol. The smallest absolute Gasteiger partial charge is 0.0462 e. The number of aromatic nitrogens is 2. The molecule has 0 spiro atoms. The van der Waals surface area contributed by atoms with Gasteiger partial charge in [0.1, 0.15) is 0 Å². The van der Waals surface area contributed by atoms with Crippen molar-refractivity contribution < 1.29 is 0 Å². The molecular weight excluding hydrogens is 196 g/mol. The number of hydrogen-bond acceptors (Lipinski definition) is 2. The molecule has 2 rings (SSSR count). The highest BCUT2D eigenvalue weighted by Gasteiger charge is 1.97. The zero-order valence-electron chi connectivity index (χ0n) is 7.52. The zero-order chi connectivity index (χ0) is 9.80. The summed E-state index contributed by atoms with van der Waals surface area (Å²) in [6.07, 6.45) is 6.08. The molecule has 0 bridgehead atoms. The van der Waals surface area contributed by atoms with Crippen molar-refractivity contribution in [3.63, 3.8) is 0 Å². The van der Waals surface area contributed by atoms with Crippen molar-refractivity contribution in [2.24, 2.45) is 0 Å². The Morgan fingerprint density at radius 1 is 1.21 bits per heavy atom. The van der Waals surface area contributed by atoms with Gasteiger partial charge in [0, 0.05) is 35.7 Å². The molecule has 2 aromatic heterocycles. The second-order valence-electron chi connectivity index (χ2n) is 3.00. The van der Waals surface area contributed by atoms with Crippen LogP contribution >= 0.6 is 11.6 Å². The maximum atomic E-state index is 5.86. The molecule has 0 atom stereocenters. The van der Waals surface area contributed by atoms with Crippen molar-refractivity contribution >= 4 is 11.6 Å². The molecule has 3 heteroatoms. The van der Waals surface area contributed by atoms with Crippen LogP contribution in [-0.2, 0) is 6.42 Å². The summed E-state index contributed by atoms with van der Waals surface area (Å²) in [6, 6.07) is 7.58. The summed E-state index contributed by atoms with van der Waals surface area (Å²) in [4.78, 5) is 8.27. The normalized spacial score (nSPS) is 10.1. The van der Waals surface area contributed by atoms with Crippen LogP contribution in [0.25, 0.3) is 0 Å². The third-order valence-corrected chi connectivity index (χ3v) is 2.12. The van der Waals surface area contributed by atoms with Gasteiger partial charge in [-0.05, 0) is 23.8 Å². The summed E-state index contributed by atoms with van der Waals surface area (Å²) < 4.78 is 0. The highest BCUT2D eigenvalue weighted by atomic mass is 35.5. The zero-order valence-corrected chi connectivity index (χ0v) is 8.28. The first kappa shape index (κ1) is 9.16. The van der Waals surface area contributed by atoms with Crippen LogP contribution in [0, 0.1) is 0 Å². The van der Waals surface area contributed by atoms with Crippen LogP contribution < -0.4 is 0 Å². The van der Waals surface area contributed by atoms with Crippen molar-refractivity contribution in [1.29, 1.82) is 0 Å². The number of hydrogen-bond donors (Lipinski definition) is 0. The average molecular weight is 205 g/mol. The summed E-state index contributed by atoms with van der Waals surface area (Å²) >= 11 is 5.86. The van der Waals surface area contributed by atoms with Gasteiger partial charge >= 0.3 is 0 Å². The summed E-state index contributed by atoms with van der Waals surface area (Å²) in [5, 5.41) is 0.721. The van der Waals surface area contributed by atoms with Crippen LogP contribution in [0.1, 0.15) is 11.3 Å². The highest BCUT2D eigenvalue weighted by Crippen LogP contribution is 2.11. The molecule has 2 nitrogen and oxygen atoms in total. The maximum absolute atomic E-state index is 5.86. The van der Waals surface area contributed by atoms with Gasteiger partial charge in [-0.1, -0.05) is 17.7 Å². The Balaban J connectivity index is 2.19. The topological polar surface area (TPSA) is 25.8 Å². The Labute approximate surface area is 87.6 Å². The Bertz CT molecular complexity index is 415. The van der Waals surface area contributed by atoms with E-state index in [1.54, 1.807) is 18.5 Å². The fraction of sp³-hybridized carbons (Fsp3) is 0.0909. The van der Waals surface area contributed by atoms with Gasteiger partial charge in [-0.3, -0.25) is 9.97 Å². The van der Waals surface area contributed by atoms with Gasteiger partial charge in [0.05, 0.1) is 0 Å². The summed E-state index contributed by atoms with van der Waals surface area (Å²) in [5.74, 6) is 0. The lowest BCUT2D eigenvalue weighted by molar-refractivity contribution is 1.06. The number of pyridine rings is 2. The Morgan fingerprint density at radius 2 is 2.14 bits per heavy atom. The lowest BCUT2D eigenvalue weighted by Crippen LogP contribution is -1.91. The molecule has 2 aromatic rings. The molecule has 0 amide bonds. The predicted octanol–water partition coefficient (Wildman–Crippen LogP) is 2.72. The van der Waals surface area contributed by atoms with Crippen LogP contribution in [0.3, 0.4) is 0 Å². The van der Waals surface area contributed by atoms with E-state index in [0.29, 0.717) is 0 Å². The Morgan fingerprint density at radius 3 is 2.86 bits per heavy atom. The molecule has 0 aromatic carbocycles. The lowest BCUT2D eigenvalue weighted by atomic mass is 10.1. The van der Waals surface area contributed by atoms with Gasteiger partial charge in [-0.15, -0.1) is 0 Å². The fourth-order valence-corrected chi connectivity index (χ4v) is 1.44. The van der Waals surface area contributed by atoms with Crippen LogP contribution in [0.2, 0.25) is 5.02 Å². The van der Waals surface area contributed by atoms with E-state index in [-0.39, 0.29) is 0 Å². The molecule has 2 heterocycles. The van der Waals surface area contributed by atoms with Crippen LogP contribution in [-0.4, -0.2) is 9.97 Å². The van der Waals surface area contributed by atoms with E-state index < -0.39 is 0 Å². The van der Waals surface area contributed by atoms with E-state index in [0.717, 1.165) is 22.7 Å². The van der Waals surface area contributed by atoms with Gasteiger partial charge < -0.3 is 0 Å². The van der Waals surface area contributed by atoms with Gasteiger partial charge in [-0.25, -0.2) is 0 Å². The molecule has 0 aliphatic heterocycles. The second kappa shape index (κ2) is 4.20. The highest BCUT2D eigenvalue weighted by molar-refractivity contribution is 6.30. The molecule has 0 saturated carbocycles. The third kappa shape index (κ3) is 2.30. The minimum Gasteiger partial charge on any atom is -0.264 e. The van der Waals surface area contributed by atoms with E-state index in [2.05, 4.69) is 9.97 Å². The molecule has 14 heavy (non-hydrogen) atoms. The average Bonchev–Trinajstić information content (AvgIpc) is 2.19. The Kier molecular flexibility index (Phi) is 2.75. The lowest BCUT2D eigenvalue weighted by Gasteiger charge is -2.00. The summed E-state index contributed by atoms with van der Waals surface area (Å²) in [7, 11) is 0. The van der Waals surface area contributed by atoms with Gasteiger partial charge in [-0.2, -0.15) is 0 Å². The molecule has 0 N–H and O–H groups in total. The number of nitrogens with zero attached hydrogens (tertiary/aromatic N) is 2. The molecule has 0 aliphatic rings. The van der Waals surface area contributed by atoms with Crippen molar-refractivity contribution in [1.82, 2.24) is 9.97 Å². The second-order valence-corrected chi connectivity index (χ2v) is 3.44. The molecular formula is C11H9ClN2. The van der Waals surface area contributed by atoms with Crippen LogP contribution in [0.4, 0.5) is 0 Å².